The van der Waals surface area contributed by atoms with Gasteiger partial charge < -0.3 is 9.15 Å². The SMILES string of the molecule is COc1cccc(-c2nnc(NC(=O)Cc3ccc4ccccc4c3)o2)c1. The predicted octanol–water partition coefficient (Wildman–Crippen LogP) is 4.08. The minimum absolute atomic E-state index is 0.0682. The second-order valence-corrected chi connectivity index (χ2v) is 6.05. The number of ether oxygens (including phenoxy) is 1. The van der Waals surface area contributed by atoms with Crippen molar-refractivity contribution >= 4 is 22.7 Å². The maximum absolute atomic E-state index is 12.3. The summed E-state index contributed by atoms with van der Waals surface area (Å²) in [6.45, 7) is 0. The first-order chi connectivity index (χ1) is 13.2. The Labute approximate surface area is 155 Å². The summed E-state index contributed by atoms with van der Waals surface area (Å²) in [6.07, 6.45) is 0.224. The number of nitrogens with zero attached hydrogens (tertiary/aromatic N) is 2. The molecule has 0 saturated heterocycles. The van der Waals surface area contributed by atoms with Crippen molar-refractivity contribution in [1.29, 1.82) is 0 Å². The molecule has 1 amide bonds. The van der Waals surface area contributed by atoms with E-state index in [1.54, 1.807) is 13.2 Å². The van der Waals surface area contributed by atoms with Gasteiger partial charge >= 0.3 is 6.01 Å². The normalized spacial score (nSPS) is 10.7. The fraction of sp³-hybridized carbons (Fsp3) is 0.0952. The van der Waals surface area contributed by atoms with Gasteiger partial charge in [-0.2, -0.15) is 0 Å². The van der Waals surface area contributed by atoms with E-state index in [1.165, 1.54) is 0 Å². The van der Waals surface area contributed by atoms with Crippen molar-refractivity contribution in [3.05, 3.63) is 72.3 Å². The number of rotatable bonds is 5. The number of hydrogen-bond acceptors (Lipinski definition) is 5. The van der Waals surface area contributed by atoms with Crippen molar-refractivity contribution in [2.45, 2.75) is 6.42 Å². The van der Waals surface area contributed by atoms with Crippen LogP contribution in [0.4, 0.5) is 6.01 Å². The molecule has 0 spiro atoms. The van der Waals surface area contributed by atoms with Crippen molar-refractivity contribution in [2.75, 3.05) is 12.4 Å². The van der Waals surface area contributed by atoms with Crippen LogP contribution in [0.3, 0.4) is 0 Å². The lowest BCUT2D eigenvalue weighted by Crippen LogP contribution is -2.14. The highest BCUT2D eigenvalue weighted by Gasteiger charge is 2.12. The van der Waals surface area contributed by atoms with E-state index >= 15 is 0 Å². The fourth-order valence-corrected chi connectivity index (χ4v) is 2.84. The quantitative estimate of drug-likeness (QED) is 0.581. The van der Waals surface area contributed by atoms with Crippen LogP contribution in [0.2, 0.25) is 0 Å². The third-order valence-corrected chi connectivity index (χ3v) is 4.17. The van der Waals surface area contributed by atoms with E-state index in [2.05, 4.69) is 15.5 Å². The van der Waals surface area contributed by atoms with Crippen molar-refractivity contribution in [2.24, 2.45) is 0 Å². The van der Waals surface area contributed by atoms with Crippen LogP contribution < -0.4 is 10.1 Å². The number of carbonyl (C=O) groups is 1. The Balaban J connectivity index is 1.45. The Bertz CT molecular complexity index is 1100. The minimum Gasteiger partial charge on any atom is -0.497 e. The van der Waals surface area contributed by atoms with E-state index in [9.17, 15) is 4.79 Å². The summed E-state index contributed by atoms with van der Waals surface area (Å²) >= 11 is 0. The van der Waals surface area contributed by atoms with Crippen LogP contribution in [-0.4, -0.2) is 23.2 Å². The maximum Gasteiger partial charge on any atom is 0.322 e. The van der Waals surface area contributed by atoms with Crippen LogP contribution in [0.15, 0.2) is 71.1 Å². The number of hydrogen-bond donors (Lipinski definition) is 1. The van der Waals surface area contributed by atoms with Gasteiger partial charge in [0, 0.05) is 5.56 Å². The average Bonchev–Trinajstić information content (AvgIpc) is 3.16. The standard InChI is InChI=1S/C21H17N3O3/c1-26-18-8-4-7-17(13-18)20-23-24-21(27-20)22-19(25)12-14-9-10-15-5-2-3-6-16(15)11-14/h2-11,13H,12H2,1H3,(H,22,24,25). The highest BCUT2D eigenvalue weighted by Crippen LogP contribution is 2.24. The number of nitrogens with one attached hydrogen (secondary N) is 1. The molecule has 0 bridgehead atoms. The molecule has 27 heavy (non-hydrogen) atoms. The van der Waals surface area contributed by atoms with E-state index in [4.69, 9.17) is 9.15 Å². The fourth-order valence-electron chi connectivity index (χ4n) is 2.84. The Hall–Kier alpha value is -3.67. The molecule has 1 aromatic heterocycles. The van der Waals surface area contributed by atoms with Gasteiger partial charge in [0.1, 0.15) is 5.75 Å². The molecule has 134 valence electrons. The molecule has 0 aliphatic carbocycles. The number of amides is 1. The molecule has 6 heteroatoms. The summed E-state index contributed by atoms with van der Waals surface area (Å²) in [5.41, 5.74) is 1.63. The highest BCUT2D eigenvalue weighted by molar-refractivity contribution is 5.91. The number of carbonyl (C=O) groups excluding carboxylic acids is 1. The highest BCUT2D eigenvalue weighted by atomic mass is 16.5. The monoisotopic (exact) mass is 359 g/mol. The van der Waals surface area contributed by atoms with Crippen molar-refractivity contribution in [1.82, 2.24) is 10.2 Å². The Kier molecular flexibility index (Phi) is 4.53. The van der Waals surface area contributed by atoms with Crippen molar-refractivity contribution in [3.63, 3.8) is 0 Å². The van der Waals surface area contributed by atoms with E-state index < -0.39 is 0 Å². The molecule has 0 radical (unpaired) electrons. The first-order valence-corrected chi connectivity index (χ1v) is 8.47. The molecule has 3 aromatic carbocycles. The largest absolute Gasteiger partial charge is 0.497 e. The summed E-state index contributed by atoms with van der Waals surface area (Å²) in [6, 6.07) is 21.3. The van der Waals surface area contributed by atoms with Crippen LogP contribution >= 0.6 is 0 Å². The summed E-state index contributed by atoms with van der Waals surface area (Å²) in [7, 11) is 1.59. The molecular formula is C21H17N3O3. The first kappa shape index (κ1) is 16.8. The number of benzene rings is 3. The van der Waals surface area contributed by atoms with E-state index in [1.807, 2.05) is 60.7 Å². The summed E-state index contributed by atoms with van der Waals surface area (Å²) < 4.78 is 10.7. The van der Waals surface area contributed by atoms with E-state index in [0.29, 0.717) is 11.6 Å². The second-order valence-electron chi connectivity index (χ2n) is 6.05. The summed E-state index contributed by atoms with van der Waals surface area (Å²) in [4.78, 5) is 12.3. The van der Waals surface area contributed by atoms with Crippen LogP contribution in [0.25, 0.3) is 22.2 Å². The molecule has 1 N–H and O–H groups in total. The van der Waals surface area contributed by atoms with Gasteiger partial charge in [-0.3, -0.25) is 10.1 Å². The van der Waals surface area contributed by atoms with Gasteiger partial charge in [0.15, 0.2) is 0 Å². The Morgan fingerprint density at radius 2 is 1.85 bits per heavy atom. The number of anilines is 1. The molecule has 0 aliphatic heterocycles. The van der Waals surface area contributed by atoms with Crippen LogP contribution in [0.5, 0.6) is 5.75 Å². The summed E-state index contributed by atoms with van der Waals surface area (Å²) in [5, 5.41) is 12.8. The second kappa shape index (κ2) is 7.29. The molecule has 6 nitrogen and oxygen atoms in total. The summed E-state index contributed by atoms with van der Waals surface area (Å²) in [5.74, 6) is 0.786. The van der Waals surface area contributed by atoms with Gasteiger partial charge in [0.2, 0.25) is 11.8 Å². The molecule has 0 aliphatic rings. The molecule has 0 fully saturated rings. The predicted molar refractivity (Wildman–Crippen MR) is 103 cm³/mol. The molecule has 0 unspecified atom stereocenters. The number of fused-ring (bicyclic) bond motifs is 1. The zero-order valence-electron chi connectivity index (χ0n) is 14.7. The lowest BCUT2D eigenvalue weighted by Gasteiger charge is -2.03. The molecule has 4 rings (SSSR count). The van der Waals surface area contributed by atoms with Crippen LogP contribution in [0, 0.1) is 0 Å². The smallest absolute Gasteiger partial charge is 0.322 e. The van der Waals surface area contributed by atoms with Gasteiger partial charge in [0.05, 0.1) is 13.5 Å². The molecule has 0 saturated carbocycles. The minimum atomic E-state index is -0.217. The zero-order valence-corrected chi connectivity index (χ0v) is 14.7. The lowest BCUT2D eigenvalue weighted by atomic mass is 10.1. The van der Waals surface area contributed by atoms with Gasteiger partial charge in [-0.1, -0.05) is 53.6 Å². The lowest BCUT2D eigenvalue weighted by molar-refractivity contribution is -0.115. The molecular weight excluding hydrogens is 342 g/mol. The van der Waals surface area contributed by atoms with Crippen LogP contribution in [-0.2, 0) is 11.2 Å². The van der Waals surface area contributed by atoms with E-state index in [0.717, 1.165) is 21.9 Å². The number of aromatic nitrogens is 2. The zero-order chi connectivity index (χ0) is 18.6. The van der Waals surface area contributed by atoms with Crippen molar-refractivity contribution < 1.29 is 13.9 Å². The molecule has 1 heterocycles. The third kappa shape index (κ3) is 3.79. The van der Waals surface area contributed by atoms with Crippen LogP contribution in [0.1, 0.15) is 5.56 Å². The third-order valence-electron chi connectivity index (χ3n) is 4.17. The topological polar surface area (TPSA) is 77.3 Å². The molecule has 4 aromatic rings. The van der Waals surface area contributed by atoms with Gasteiger partial charge in [-0.05, 0) is 34.5 Å². The molecule has 0 atom stereocenters. The maximum atomic E-state index is 12.3. The van der Waals surface area contributed by atoms with Gasteiger partial charge in [-0.15, -0.1) is 5.10 Å². The first-order valence-electron chi connectivity index (χ1n) is 8.47. The number of methoxy groups -OCH3 is 1. The Morgan fingerprint density at radius 1 is 1.00 bits per heavy atom. The van der Waals surface area contributed by atoms with Gasteiger partial charge in [-0.25, -0.2) is 0 Å². The van der Waals surface area contributed by atoms with E-state index in [-0.39, 0.29) is 18.3 Å². The average molecular weight is 359 g/mol. The van der Waals surface area contributed by atoms with Gasteiger partial charge in [0.25, 0.3) is 0 Å². The Morgan fingerprint density at radius 3 is 2.70 bits per heavy atom. The van der Waals surface area contributed by atoms with Crippen molar-refractivity contribution in [3.8, 4) is 17.2 Å².